The lowest BCUT2D eigenvalue weighted by atomic mass is 9.98. The van der Waals surface area contributed by atoms with Gasteiger partial charge in [0.25, 0.3) is 0 Å². The largest absolute Gasteiger partial charge is 0.508 e. The quantitative estimate of drug-likeness (QED) is 0.634. The molecule has 4 heteroatoms. The van der Waals surface area contributed by atoms with E-state index < -0.39 is 0 Å². The van der Waals surface area contributed by atoms with Crippen LogP contribution in [0.5, 0.6) is 11.5 Å². The second-order valence-corrected chi connectivity index (χ2v) is 4.43. The number of hydrogen-bond acceptors (Lipinski definition) is 4. The second kappa shape index (κ2) is 5.54. The highest BCUT2D eigenvalue weighted by molar-refractivity contribution is 5.98. The second-order valence-electron chi connectivity index (χ2n) is 4.43. The average Bonchev–Trinajstić information content (AvgIpc) is 2.38. The molecule has 5 N–H and O–H groups in total. The Morgan fingerprint density at radius 3 is 2.32 bits per heavy atom. The van der Waals surface area contributed by atoms with Crippen LogP contribution in [0.4, 0.5) is 0 Å². The van der Waals surface area contributed by atoms with Crippen molar-refractivity contribution in [3.05, 3.63) is 59.7 Å². The van der Waals surface area contributed by atoms with E-state index in [1.165, 1.54) is 6.07 Å². The lowest BCUT2D eigenvalue weighted by Gasteiger charge is -2.13. The zero-order valence-corrected chi connectivity index (χ0v) is 10.4. The molecule has 0 aliphatic rings. The van der Waals surface area contributed by atoms with Crippen LogP contribution in [0, 0.1) is 5.41 Å². The van der Waals surface area contributed by atoms with Gasteiger partial charge in [0.1, 0.15) is 11.5 Å². The van der Waals surface area contributed by atoms with E-state index in [0.717, 1.165) is 5.56 Å². The summed E-state index contributed by atoms with van der Waals surface area (Å²) in [6, 6.07) is 12.9. The predicted octanol–water partition coefficient (Wildman–Crippen LogP) is 2.56. The normalized spacial score (nSPS) is 12.1. The maximum Gasteiger partial charge on any atom is 0.116 e. The Morgan fingerprint density at radius 1 is 1.05 bits per heavy atom. The van der Waals surface area contributed by atoms with Gasteiger partial charge in [0, 0.05) is 18.2 Å². The van der Waals surface area contributed by atoms with Crippen LogP contribution < -0.4 is 5.73 Å². The maximum absolute atomic E-state index is 9.41. The lowest BCUT2D eigenvalue weighted by Crippen LogP contribution is -2.15. The zero-order valence-electron chi connectivity index (χ0n) is 10.4. The molecule has 2 rings (SSSR count). The number of nitrogens with one attached hydrogen (secondary N) is 1. The van der Waals surface area contributed by atoms with Crippen molar-refractivity contribution >= 4 is 5.71 Å². The van der Waals surface area contributed by atoms with E-state index in [2.05, 4.69) is 0 Å². The Bertz CT molecular complexity index is 596. The molecule has 2 aromatic rings. The van der Waals surface area contributed by atoms with Gasteiger partial charge in [-0.25, -0.2) is 0 Å². The molecular weight excluding hydrogens is 240 g/mol. The first-order valence-electron chi connectivity index (χ1n) is 5.97. The Balaban J connectivity index is 2.11. The highest BCUT2D eigenvalue weighted by Crippen LogP contribution is 2.21. The van der Waals surface area contributed by atoms with E-state index in [0.29, 0.717) is 17.7 Å². The molecule has 0 heterocycles. The molecule has 4 nitrogen and oxygen atoms in total. The summed E-state index contributed by atoms with van der Waals surface area (Å²) in [5.74, 6) is 0.296. The van der Waals surface area contributed by atoms with Crippen LogP contribution in [-0.2, 0) is 0 Å². The molecule has 0 aliphatic heterocycles. The summed E-state index contributed by atoms with van der Waals surface area (Å²) in [4.78, 5) is 0. The van der Waals surface area contributed by atoms with Gasteiger partial charge in [-0.05, 0) is 35.4 Å². The summed E-state index contributed by atoms with van der Waals surface area (Å²) < 4.78 is 0. The molecule has 0 spiro atoms. The molecule has 1 atom stereocenters. The fourth-order valence-corrected chi connectivity index (χ4v) is 1.90. The van der Waals surface area contributed by atoms with E-state index in [4.69, 9.17) is 11.1 Å². The summed E-state index contributed by atoms with van der Waals surface area (Å²) in [5, 5.41) is 26.8. The van der Waals surface area contributed by atoms with E-state index in [1.807, 2.05) is 6.07 Å². The molecule has 0 bridgehead atoms. The van der Waals surface area contributed by atoms with Crippen LogP contribution in [0.1, 0.15) is 23.6 Å². The number of nitrogens with two attached hydrogens (primary N) is 1. The van der Waals surface area contributed by atoms with Gasteiger partial charge in [-0.15, -0.1) is 0 Å². The molecule has 0 fully saturated rings. The number of aromatic hydroxyl groups is 2. The summed E-state index contributed by atoms with van der Waals surface area (Å²) in [6.07, 6.45) is 0.340. The van der Waals surface area contributed by atoms with Crippen molar-refractivity contribution in [1.29, 1.82) is 5.41 Å². The number of rotatable bonds is 4. The molecule has 0 aromatic heterocycles. The molecule has 0 saturated heterocycles. The van der Waals surface area contributed by atoms with E-state index in [1.54, 1.807) is 36.4 Å². The van der Waals surface area contributed by atoms with Gasteiger partial charge in [0.2, 0.25) is 0 Å². The molecule has 19 heavy (non-hydrogen) atoms. The molecular formula is C15H16N2O2. The third-order valence-corrected chi connectivity index (χ3v) is 2.92. The fourth-order valence-electron chi connectivity index (χ4n) is 1.90. The van der Waals surface area contributed by atoms with Gasteiger partial charge in [-0.2, -0.15) is 0 Å². The first-order chi connectivity index (χ1) is 9.06. The van der Waals surface area contributed by atoms with Crippen LogP contribution in [0.25, 0.3) is 0 Å². The van der Waals surface area contributed by atoms with Gasteiger partial charge in [-0.3, -0.25) is 0 Å². The third kappa shape index (κ3) is 3.33. The highest BCUT2D eigenvalue weighted by Gasteiger charge is 2.11. The predicted molar refractivity (Wildman–Crippen MR) is 74.6 cm³/mol. The van der Waals surface area contributed by atoms with Crippen molar-refractivity contribution in [1.82, 2.24) is 0 Å². The first-order valence-corrected chi connectivity index (χ1v) is 5.97. The Kier molecular flexibility index (Phi) is 3.82. The van der Waals surface area contributed by atoms with E-state index in [9.17, 15) is 10.2 Å². The van der Waals surface area contributed by atoms with Crippen LogP contribution >= 0.6 is 0 Å². The highest BCUT2D eigenvalue weighted by atomic mass is 16.3. The fraction of sp³-hybridized carbons (Fsp3) is 0.133. The Morgan fingerprint density at radius 2 is 1.68 bits per heavy atom. The summed E-state index contributed by atoms with van der Waals surface area (Å²) in [6.45, 7) is 0. The summed E-state index contributed by atoms with van der Waals surface area (Å²) >= 11 is 0. The maximum atomic E-state index is 9.41. The molecule has 2 aromatic carbocycles. The molecule has 0 amide bonds. The van der Waals surface area contributed by atoms with Crippen LogP contribution in [0.3, 0.4) is 0 Å². The van der Waals surface area contributed by atoms with E-state index in [-0.39, 0.29) is 17.5 Å². The number of benzene rings is 2. The van der Waals surface area contributed by atoms with Crippen LogP contribution in [0.15, 0.2) is 48.5 Å². The lowest BCUT2D eigenvalue weighted by molar-refractivity contribution is 0.473. The van der Waals surface area contributed by atoms with Crippen molar-refractivity contribution in [3.8, 4) is 11.5 Å². The van der Waals surface area contributed by atoms with Crippen LogP contribution in [0.2, 0.25) is 0 Å². The first kappa shape index (κ1) is 13.1. The topological polar surface area (TPSA) is 90.3 Å². The number of phenolic OH excluding ortho intramolecular Hbond substituents is 2. The minimum absolute atomic E-state index is 0.133. The minimum Gasteiger partial charge on any atom is -0.508 e. The molecule has 98 valence electrons. The van der Waals surface area contributed by atoms with Crippen molar-refractivity contribution in [2.45, 2.75) is 12.5 Å². The van der Waals surface area contributed by atoms with Gasteiger partial charge in [0.05, 0.1) is 0 Å². The Hall–Kier alpha value is -2.33. The zero-order chi connectivity index (χ0) is 13.8. The van der Waals surface area contributed by atoms with Gasteiger partial charge < -0.3 is 21.4 Å². The monoisotopic (exact) mass is 256 g/mol. The SMILES string of the molecule is N=C(CC(N)c1cccc(O)c1)c1cccc(O)c1. The molecule has 1 unspecified atom stereocenters. The number of phenols is 2. The van der Waals surface area contributed by atoms with Crippen molar-refractivity contribution in [3.63, 3.8) is 0 Å². The summed E-state index contributed by atoms with van der Waals surface area (Å²) in [5.41, 5.74) is 7.81. The van der Waals surface area contributed by atoms with Crippen molar-refractivity contribution in [2.75, 3.05) is 0 Å². The molecule has 0 aliphatic carbocycles. The average molecular weight is 256 g/mol. The van der Waals surface area contributed by atoms with E-state index >= 15 is 0 Å². The third-order valence-electron chi connectivity index (χ3n) is 2.92. The van der Waals surface area contributed by atoms with Gasteiger partial charge >= 0.3 is 0 Å². The molecule has 0 saturated carbocycles. The van der Waals surface area contributed by atoms with Crippen molar-refractivity contribution < 1.29 is 10.2 Å². The number of hydrogen-bond donors (Lipinski definition) is 4. The minimum atomic E-state index is -0.359. The van der Waals surface area contributed by atoms with Gasteiger partial charge in [0.15, 0.2) is 0 Å². The standard InChI is InChI=1S/C15H16N2O2/c16-14(10-3-1-5-12(18)7-10)9-15(17)11-4-2-6-13(19)8-11/h1-8,14,17-19H,9,16H2. The van der Waals surface area contributed by atoms with Gasteiger partial charge in [-0.1, -0.05) is 24.3 Å². The molecule has 0 radical (unpaired) electrons. The Labute approximate surface area is 111 Å². The smallest absolute Gasteiger partial charge is 0.116 e. The summed E-state index contributed by atoms with van der Waals surface area (Å²) in [7, 11) is 0. The van der Waals surface area contributed by atoms with Crippen molar-refractivity contribution in [2.24, 2.45) is 5.73 Å². The van der Waals surface area contributed by atoms with Crippen LogP contribution in [-0.4, -0.2) is 15.9 Å².